The van der Waals surface area contributed by atoms with E-state index in [1.807, 2.05) is 0 Å². The molecule has 3 atom stereocenters. The molecule has 1 aromatic carbocycles. The van der Waals surface area contributed by atoms with Crippen LogP contribution in [0.1, 0.15) is 33.6 Å². The summed E-state index contributed by atoms with van der Waals surface area (Å²) < 4.78 is 47.4. The van der Waals surface area contributed by atoms with Crippen LogP contribution >= 0.6 is 0 Å². The van der Waals surface area contributed by atoms with Gasteiger partial charge in [0.05, 0.1) is 35.3 Å². The zero-order valence-electron chi connectivity index (χ0n) is 23.0. The summed E-state index contributed by atoms with van der Waals surface area (Å²) in [5.41, 5.74) is 1.62. The molecule has 2 fully saturated rings. The molecule has 0 radical (unpaired) electrons. The van der Waals surface area contributed by atoms with Crippen LogP contribution in [0.5, 0.6) is 0 Å². The van der Waals surface area contributed by atoms with Crippen LogP contribution in [0.15, 0.2) is 50.9 Å². The number of amides is 2. The summed E-state index contributed by atoms with van der Waals surface area (Å²) in [6.07, 6.45) is 0.410. The highest BCUT2D eigenvalue weighted by molar-refractivity contribution is 7.89. The van der Waals surface area contributed by atoms with Crippen LogP contribution in [0, 0.1) is 17.2 Å². The van der Waals surface area contributed by atoms with E-state index in [0.717, 1.165) is 4.31 Å². The summed E-state index contributed by atoms with van der Waals surface area (Å²) >= 11 is 0. The summed E-state index contributed by atoms with van der Waals surface area (Å²) in [5, 5.41) is 11.2. The normalized spacial score (nSPS) is 25.9. The van der Waals surface area contributed by atoms with E-state index in [1.165, 1.54) is 54.5 Å². The Labute approximate surface area is 232 Å². The molecule has 0 bridgehead atoms. The minimum absolute atomic E-state index is 0.0753. The zero-order valence-corrected chi connectivity index (χ0v) is 23.8. The molecule has 4 rings (SSSR count). The molecule has 0 aromatic heterocycles. The van der Waals surface area contributed by atoms with Gasteiger partial charge in [-0.25, -0.2) is 31.9 Å². The van der Waals surface area contributed by atoms with Crippen LogP contribution in [-0.4, -0.2) is 91.2 Å². The van der Waals surface area contributed by atoms with Crippen molar-refractivity contribution in [1.29, 1.82) is 5.26 Å². The summed E-state index contributed by atoms with van der Waals surface area (Å²) in [5.74, 6) is -1.33. The van der Waals surface area contributed by atoms with Gasteiger partial charge in [-0.3, -0.25) is 15.2 Å². The molecule has 14 heteroatoms. The van der Waals surface area contributed by atoms with E-state index in [1.54, 1.807) is 26.8 Å². The van der Waals surface area contributed by atoms with Crippen LogP contribution < -0.4 is 5.43 Å². The van der Waals surface area contributed by atoms with Crippen LogP contribution in [0.4, 0.5) is 14.9 Å². The first kappa shape index (κ1) is 29.2. The predicted molar refractivity (Wildman–Crippen MR) is 145 cm³/mol. The van der Waals surface area contributed by atoms with E-state index in [9.17, 15) is 23.3 Å². The highest BCUT2D eigenvalue weighted by Crippen LogP contribution is 2.41. The van der Waals surface area contributed by atoms with Crippen molar-refractivity contribution >= 4 is 39.8 Å². The number of fused-ring (bicyclic) bond motifs is 1. The van der Waals surface area contributed by atoms with Gasteiger partial charge in [0.1, 0.15) is 29.1 Å². The van der Waals surface area contributed by atoms with Crippen molar-refractivity contribution in [2.45, 2.75) is 55.8 Å². The Bertz CT molecular complexity index is 1430. The van der Waals surface area contributed by atoms with Crippen molar-refractivity contribution in [2.24, 2.45) is 15.9 Å². The number of carbonyl (C=O) groups excluding carboxylic acids is 2. The Morgan fingerprint density at radius 2 is 2.00 bits per heavy atom. The summed E-state index contributed by atoms with van der Waals surface area (Å²) in [6, 6.07) is 7.86. The zero-order chi connectivity index (χ0) is 29.5. The summed E-state index contributed by atoms with van der Waals surface area (Å²) in [6.45, 7) is 4.99. The van der Waals surface area contributed by atoms with E-state index < -0.39 is 45.3 Å². The third-order valence-electron chi connectivity index (χ3n) is 6.87. The highest BCUT2D eigenvalue weighted by Gasteiger charge is 2.55. The molecule has 3 heterocycles. The van der Waals surface area contributed by atoms with Gasteiger partial charge in [0.2, 0.25) is 10.0 Å². The number of aliphatic imine (C=N–C) groups is 2. The standard InChI is InChI=1S/C26H32FN7O5S/c1-25(2,3)39-24(36)33-15-12-26(11-13-28,20(27)16-33)34-19-10-14-29-23(35)21(19)22(31-34)30-17-6-8-18(9-7-17)40(37,38)32(4)5/h6-10,14,20-21H,11-12,15-16H2,1-5H3,(H,30,31)/t20-,21?,26+/m1/s1. The van der Waals surface area contributed by atoms with Gasteiger partial charge < -0.3 is 9.64 Å². The number of hydrogen-bond acceptors (Lipinski definition) is 8. The number of nitrogens with zero attached hydrogens (tertiary/aromatic N) is 6. The topological polar surface area (TPSA) is 148 Å². The average Bonchev–Trinajstić information content (AvgIpc) is 3.24. The van der Waals surface area contributed by atoms with Crippen LogP contribution in [0.25, 0.3) is 0 Å². The van der Waals surface area contributed by atoms with Crippen LogP contribution in [0.3, 0.4) is 0 Å². The molecule has 214 valence electrons. The van der Waals surface area contributed by atoms with Gasteiger partial charge in [0.15, 0.2) is 0 Å². The molecule has 3 aliphatic rings. The number of likely N-dealkylation sites (tertiary alicyclic amines) is 1. The van der Waals surface area contributed by atoms with E-state index >= 15 is 4.39 Å². The molecule has 1 N–H and O–H groups in total. The quantitative estimate of drug-likeness (QED) is 0.565. The molecule has 3 aliphatic heterocycles. The minimum Gasteiger partial charge on any atom is -0.444 e. The first-order valence-electron chi connectivity index (χ1n) is 12.6. The molecular weight excluding hydrogens is 541 g/mol. The Morgan fingerprint density at radius 3 is 2.58 bits per heavy atom. The molecule has 0 spiro atoms. The SMILES string of the molecule is CN(C)S(=O)(=O)c1ccc(N=C2NN([C@@]3(CC#N)CCN(C(=O)OC(C)(C)C)C[C@H]3F)C3=CC=NC(=O)C32)cc1. The van der Waals surface area contributed by atoms with Crippen molar-refractivity contribution in [3.63, 3.8) is 0 Å². The number of ether oxygens (including phenoxy) is 1. The van der Waals surface area contributed by atoms with Crippen molar-refractivity contribution in [3.05, 3.63) is 36.0 Å². The number of allylic oxidation sites excluding steroid dienone is 1. The van der Waals surface area contributed by atoms with Gasteiger partial charge in [0.25, 0.3) is 5.91 Å². The number of benzene rings is 1. The smallest absolute Gasteiger partial charge is 0.410 e. The number of carbonyl (C=O) groups is 2. The van der Waals surface area contributed by atoms with Crippen LogP contribution in [0.2, 0.25) is 0 Å². The maximum atomic E-state index is 16.1. The second kappa shape index (κ2) is 10.6. The molecule has 2 saturated heterocycles. The van der Waals surface area contributed by atoms with Gasteiger partial charge >= 0.3 is 6.09 Å². The Hall–Kier alpha value is -3.83. The second-order valence-electron chi connectivity index (χ2n) is 10.9. The first-order valence-corrected chi connectivity index (χ1v) is 14.1. The van der Waals surface area contributed by atoms with Gasteiger partial charge in [-0.2, -0.15) is 5.26 Å². The Kier molecular flexibility index (Phi) is 7.75. The maximum absolute atomic E-state index is 16.1. The van der Waals surface area contributed by atoms with Gasteiger partial charge in [-0.15, -0.1) is 0 Å². The number of hydrogen-bond donors (Lipinski definition) is 1. The second-order valence-corrected chi connectivity index (χ2v) is 13.1. The third-order valence-corrected chi connectivity index (χ3v) is 8.70. The fraction of sp³-hybridized carbons (Fsp3) is 0.500. The molecule has 0 aliphatic carbocycles. The van der Waals surface area contributed by atoms with E-state index in [4.69, 9.17) is 4.74 Å². The lowest BCUT2D eigenvalue weighted by Gasteiger charge is -2.49. The van der Waals surface area contributed by atoms with Crippen molar-refractivity contribution < 1.29 is 27.1 Å². The summed E-state index contributed by atoms with van der Waals surface area (Å²) in [7, 11) is -0.789. The number of sulfonamides is 1. The van der Waals surface area contributed by atoms with E-state index in [2.05, 4.69) is 21.5 Å². The number of alkyl halides is 1. The molecule has 40 heavy (non-hydrogen) atoms. The maximum Gasteiger partial charge on any atom is 0.410 e. The van der Waals surface area contributed by atoms with Gasteiger partial charge in [0, 0.05) is 26.9 Å². The fourth-order valence-electron chi connectivity index (χ4n) is 4.79. The lowest BCUT2D eigenvalue weighted by molar-refractivity contribution is -0.119. The van der Waals surface area contributed by atoms with E-state index in [0.29, 0.717) is 11.4 Å². The molecule has 12 nitrogen and oxygen atoms in total. The monoisotopic (exact) mass is 573 g/mol. The molecule has 1 unspecified atom stereocenters. The molecule has 2 amide bonds. The lowest BCUT2D eigenvalue weighted by Crippen LogP contribution is -2.65. The van der Waals surface area contributed by atoms with Crippen molar-refractivity contribution in [3.8, 4) is 6.07 Å². The number of dihydropyridines is 1. The van der Waals surface area contributed by atoms with Gasteiger partial charge in [-0.1, -0.05) is 0 Å². The van der Waals surface area contributed by atoms with E-state index in [-0.39, 0.29) is 36.7 Å². The van der Waals surface area contributed by atoms with Crippen molar-refractivity contribution in [1.82, 2.24) is 19.6 Å². The Morgan fingerprint density at radius 1 is 1.32 bits per heavy atom. The number of rotatable bonds is 5. The minimum atomic E-state index is -3.64. The summed E-state index contributed by atoms with van der Waals surface area (Å²) in [4.78, 5) is 35.2. The molecule has 1 aromatic rings. The largest absolute Gasteiger partial charge is 0.444 e. The predicted octanol–water partition coefficient (Wildman–Crippen LogP) is 2.53. The number of hydrazine groups is 1. The number of nitrogens with one attached hydrogen (secondary N) is 1. The highest BCUT2D eigenvalue weighted by atomic mass is 32.2. The fourth-order valence-corrected chi connectivity index (χ4v) is 5.69. The number of nitriles is 1. The third kappa shape index (κ3) is 5.44. The lowest BCUT2D eigenvalue weighted by atomic mass is 9.81. The molecule has 0 saturated carbocycles. The average molecular weight is 574 g/mol. The number of amidine groups is 1. The van der Waals surface area contributed by atoms with Gasteiger partial charge in [-0.05, 0) is 57.5 Å². The molecular formula is C26H32FN7O5S. The first-order chi connectivity index (χ1) is 18.7. The van der Waals surface area contributed by atoms with Crippen molar-refractivity contribution in [2.75, 3.05) is 27.2 Å². The number of halogens is 1. The van der Waals surface area contributed by atoms with Crippen LogP contribution in [-0.2, 0) is 19.6 Å². The Balaban J connectivity index is 1.66. The number of piperidine rings is 1.